The van der Waals surface area contributed by atoms with Crippen LogP contribution in [0.4, 0.5) is 4.39 Å². The summed E-state index contributed by atoms with van der Waals surface area (Å²) >= 11 is 0. The Hall–Kier alpha value is -1.43. The van der Waals surface area contributed by atoms with Gasteiger partial charge in [-0.05, 0) is 18.6 Å². The van der Waals surface area contributed by atoms with Crippen LogP contribution >= 0.6 is 0 Å². The quantitative estimate of drug-likeness (QED) is 0.508. The van der Waals surface area contributed by atoms with Crippen LogP contribution in [0.2, 0.25) is 0 Å². The number of halogens is 1. The van der Waals surface area contributed by atoms with Crippen molar-refractivity contribution in [3.8, 4) is 0 Å². The minimum Gasteiger partial charge on any atom is -0.411 e. The Morgan fingerprint density at radius 3 is 2.28 bits per heavy atom. The van der Waals surface area contributed by atoms with Crippen molar-refractivity contribution in [2.45, 2.75) is 25.5 Å². The minimum atomic E-state index is -3.36. The normalized spacial score (nSPS) is 14.5. The Labute approximate surface area is 106 Å². The highest BCUT2D eigenvalue weighted by Gasteiger charge is 2.28. The summed E-state index contributed by atoms with van der Waals surface area (Å²) in [5.41, 5.74) is 0.460. The van der Waals surface area contributed by atoms with Crippen LogP contribution in [0, 0.1) is 5.82 Å². The molecule has 0 saturated heterocycles. The molecule has 0 aromatic heterocycles. The van der Waals surface area contributed by atoms with E-state index in [0.717, 1.165) is 0 Å². The molecule has 0 bridgehead atoms. The second-order valence-electron chi connectivity index (χ2n) is 3.84. The fraction of sp³-hybridized carbons (Fsp3) is 0.417. The maximum absolute atomic E-state index is 12.8. The number of oxime groups is 1. The standard InChI is InChI=1S/C12H16FNO3S/c1-3-11(18(16,17)4-2)12(14-15)9-5-7-10(13)8-6-9/h5-8,11,15H,3-4H2,1-2H3/b14-12-/t11-/m1/s1. The first-order valence-electron chi connectivity index (χ1n) is 5.65. The number of sulfone groups is 1. The van der Waals surface area contributed by atoms with Gasteiger partial charge in [-0.15, -0.1) is 0 Å². The van der Waals surface area contributed by atoms with Crippen LogP contribution in [0.15, 0.2) is 29.4 Å². The van der Waals surface area contributed by atoms with Gasteiger partial charge >= 0.3 is 0 Å². The van der Waals surface area contributed by atoms with Crippen molar-refractivity contribution in [3.63, 3.8) is 0 Å². The maximum Gasteiger partial charge on any atom is 0.158 e. The lowest BCUT2D eigenvalue weighted by molar-refractivity contribution is 0.318. The summed E-state index contributed by atoms with van der Waals surface area (Å²) < 4.78 is 36.6. The molecule has 0 fully saturated rings. The SMILES string of the molecule is CC[C@H](/C(=N\O)c1ccc(F)cc1)S(=O)(=O)CC. The van der Waals surface area contributed by atoms with Gasteiger partial charge in [0.15, 0.2) is 9.84 Å². The zero-order valence-electron chi connectivity index (χ0n) is 10.3. The monoisotopic (exact) mass is 273 g/mol. The van der Waals surface area contributed by atoms with Crippen molar-refractivity contribution in [3.05, 3.63) is 35.6 Å². The molecule has 4 nitrogen and oxygen atoms in total. The highest BCUT2D eigenvalue weighted by atomic mass is 32.2. The van der Waals surface area contributed by atoms with Crippen molar-refractivity contribution >= 4 is 15.5 Å². The van der Waals surface area contributed by atoms with E-state index in [1.54, 1.807) is 6.92 Å². The summed E-state index contributed by atoms with van der Waals surface area (Å²) in [7, 11) is -3.36. The van der Waals surface area contributed by atoms with Gasteiger partial charge in [-0.1, -0.05) is 31.1 Å². The zero-order valence-corrected chi connectivity index (χ0v) is 11.1. The van der Waals surface area contributed by atoms with Gasteiger partial charge < -0.3 is 5.21 Å². The van der Waals surface area contributed by atoms with E-state index in [9.17, 15) is 12.8 Å². The molecule has 6 heteroatoms. The van der Waals surface area contributed by atoms with Gasteiger partial charge in [-0.3, -0.25) is 0 Å². The largest absolute Gasteiger partial charge is 0.411 e. The molecule has 1 atom stereocenters. The molecular formula is C12H16FNO3S. The lowest BCUT2D eigenvalue weighted by atomic mass is 10.1. The van der Waals surface area contributed by atoms with Crippen molar-refractivity contribution in [1.82, 2.24) is 0 Å². The van der Waals surface area contributed by atoms with E-state index in [4.69, 9.17) is 5.21 Å². The molecule has 0 spiro atoms. The fourth-order valence-electron chi connectivity index (χ4n) is 1.75. The van der Waals surface area contributed by atoms with Crippen LogP contribution in [0.1, 0.15) is 25.8 Å². The third-order valence-electron chi connectivity index (χ3n) is 2.76. The van der Waals surface area contributed by atoms with Crippen LogP contribution in [0.25, 0.3) is 0 Å². The van der Waals surface area contributed by atoms with Crippen molar-refractivity contribution < 1.29 is 18.0 Å². The molecule has 0 amide bonds. The first kappa shape index (κ1) is 14.6. The highest BCUT2D eigenvalue weighted by molar-refractivity contribution is 7.92. The van der Waals surface area contributed by atoms with Gasteiger partial charge in [0.05, 0.1) is 0 Å². The van der Waals surface area contributed by atoms with Gasteiger partial charge in [-0.25, -0.2) is 12.8 Å². The predicted molar refractivity (Wildman–Crippen MR) is 68.3 cm³/mol. The van der Waals surface area contributed by atoms with Gasteiger partial charge in [0.2, 0.25) is 0 Å². The Balaban J connectivity index is 3.21. The molecular weight excluding hydrogens is 257 g/mol. The minimum absolute atomic E-state index is 0.0360. The molecule has 18 heavy (non-hydrogen) atoms. The van der Waals surface area contributed by atoms with E-state index >= 15 is 0 Å². The molecule has 1 rings (SSSR count). The van der Waals surface area contributed by atoms with E-state index in [1.165, 1.54) is 31.2 Å². The number of hydrogen-bond donors (Lipinski definition) is 1. The lowest BCUT2D eigenvalue weighted by Gasteiger charge is -2.16. The summed E-state index contributed by atoms with van der Waals surface area (Å²) in [5, 5.41) is 11.3. The van der Waals surface area contributed by atoms with Gasteiger partial charge in [0.25, 0.3) is 0 Å². The van der Waals surface area contributed by atoms with E-state index in [-0.39, 0.29) is 11.5 Å². The van der Waals surface area contributed by atoms with Crippen LogP contribution in [0.5, 0.6) is 0 Å². The molecule has 100 valence electrons. The highest BCUT2D eigenvalue weighted by Crippen LogP contribution is 2.16. The molecule has 1 N–H and O–H groups in total. The fourth-order valence-corrected chi connectivity index (χ4v) is 3.18. The summed E-state index contributed by atoms with van der Waals surface area (Å²) in [6, 6.07) is 5.20. The number of nitrogens with zero attached hydrogens (tertiary/aromatic N) is 1. The topological polar surface area (TPSA) is 66.7 Å². The second-order valence-corrected chi connectivity index (χ2v) is 6.31. The van der Waals surface area contributed by atoms with Crippen LogP contribution < -0.4 is 0 Å². The molecule has 0 heterocycles. The first-order valence-corrected chi connectivity index (χ1v) is 7.37. The number of benzene rings is 1. The predicted octanol–water partition coefficient (Wildman–Crippen LogP) is 2.22. The summed E-state index contributed by atoms with van der Waals surface area (Å²) in [5.74, 6) is -0.464. The van der Waals surface area contributed by atoms with Crippen molar-refractivity contribution in [1.29, 1.82) is 0 Å². The third-order valence-corrected chi connectivity index (χ3v) is 4.99. The van der Waals surface area contributed by atoms with Crippen molar-refractivity contribution in [2.24, 2.45) is 5.16 Å². The summed E-state index contributed by atoms with van der Waals surface area (Å²) in [4.78, 5) is 0. The van der Waals surface area contributed by atoms with Gasteiger partial charge in [0, 0.05) is 11.3 Å². The van der Waals surface area contributed by atoms with Gasteiger partial charge in [0.1, 0.15) is 16.8 Å². The Kier molecular flexibility index (Phi) is 4.84. The average molecular weight is 273 g/mol. The number of rotatable bonds is 5. The van der Waals surface area contributed by atoms with E-state index in [2.05, 4.69) is 5.16 Å². The van der Waals surface area contributed by atoms with Gasteiger partial charge in [-0.2, -0.15) is 0 Å². The number of hydrogen-bond acceptors (Lipinski definition) is 4. The Morgan fingerprint density at radius 2 is 1.89 bits per heavy atom. The van der Waals surface area contributed by atoms with E-state index in [0.29, 0.717) is 12.0 Å². The summed E-state index contributed by atoms with van der Waals surface area (Å²) in [6.45, 7) is 3.24. The molecule has 1 aromatic rings. The van der Waals surface area contributed by atoms with E-state index in [1.807, 2.05) is 0 Å². The molecule has 0 aliphatic heterocycles. The Morgan fingerprint density at radius 1 is 1.33 bits per heavy atom. The molecule has 0 radical (unpaired) electrons. The van der Waals surface area contributed by atoms with Crippen molar-refractivity contribution in [2.75, 3.05) is 5.75 Å². The van der Waals surface area contributed by atoms with E-state index < -0.39 is 20.9 Å². The summed E-state index contributed by atoms with van der Waals surface area (Å²) in [6.07, 6.45) is 0.299. The zero-order chi connectivity index (χ0) is 13.8. The van der Waals surface area contributed by atoms with Crippen LogP contribution in [-0.2, 0) is 9.84 Å². The molecule has 1 aromatic carbocycles. The third kappa shape index (κ3) is 3.07. The van der Waals surface area contributed by atoms with Crippen LogP contribution in [0.3, 0.4) is 0 Å². The maximum atomic E-state index is 12.8. The van der Waals surface area contributed by atoms with Crippen LogP contribution in [-0.4, -0.2) is 30.3 Å². The molecule has 0 saturated carbocycles. The average Bonchev–Trinajstić information content (AvgIpc) is 2.36. The Bertz CT molecular complexity index is 523. The molecule has 0 unspecified atom stereocenters. The smallest absolute Gasteiger partial charge is 0.158 e. The second kappa shape index (κ2) is 5.95. The molecule has 0 aliphatic carbocycles. The molecule has 0 aliphatic rings. The lowest BCUT2D eigenvalue weighted by Crippen LogP contribution is -2.32. The first-order chi connectivity index (χ1) is 8.46.